The molecule has 0 aromatic carbocycles. The van der Waals surface area contributed by atoms with Gasteiger partial charge in [0.2, 0.25) is 0 Å². The molecule has 5 heterocycles. The first-order valence-electron chi connectivity index (χ1n) is 10.2. The van der Waals surface area contributed by atoms with Gasteiger partial charge in [-0.25, -0.2) is 9.97 Å². The van der Waals surface area contributed by atoms with Gasteiger partial charge < -0.3 is 10.5 Å². The van der Waals surface area contributed by atoms with E-state index in [1.54, 1.807) is 41.1 Å². The van der Waals surface area contributed by atoms with Crippen LogP contribution in [-0.4, -0.2) is 44.2 Å². The molecule has 5 rings (SSSR count). The Morgan fingerprint density at radius 2 is 2.09 bits per heavy atom. The van der Waals surface area contributed by atoms with Crippen molar-refractivity contribution in [2.45, 2.75) is 10.6 Å². The fourth-order valence-electron chi connectivity index (χ4n) is 3.66. The lowest BCUT2D eigenvalue weighted by Crippen LogP contribution is -1.94. The Hall–Kier alpha value is -3.01. The minimum absolute atomic E-state index is 0.741. The molecule has 0 saturated carbocycles. The average molecular weight is 463 g/mol. The summed E-state index contributed by atoms with van der Waals surface area (Å²) < 4.78 is 8.03. The third kappa shape index (κ3) is 3.83. The lowest BCUT2D eigenvalue weighted by molar-refractivity contribution is 0.200. The predicted molar refractivity (Wildman–Crippen MR) is 132 cm³/mol. The number of thioether (sulfide) groups is 1. The summed E-state index contributed by atoms with van der Waals surface area (Å²) in [5.41, 5.74) is 12.1. The van der Waals surface area contributed by atoms with Gasteiger partial charge in [-0.1, -0.05) is 6.07 Å². The second-order valence-electron chi connectivity index (χ2n) is 7.38. The summed E-state index contributed by atoms with van der Waals surface area (Å²) in [4.78, 5) is 14.8. The SMILES string of the molecule is COCCCSc1sc2nc(-c3cnc4c(cnn4C)c3)cc(-c3cccnc3)c2c1N. The molecule has 0 amide bonds. The highest BCUT2D eigenvalue weighted by Gasteiger charge is 2.18. The lowest BCUT2D eigenvalue weighted by Gasteiger charge is -2.08. The molecule has 0 radical (unpaired) electrons. The molecule has 0 saturated heterocycles. The van der Waals surface area contributed by atoms with Crippen LogP contribution in [0, 0.1) is 0 Å². The quantitative estimate of drug-likeness (QED) is 0.268. The van der Waals surface area contributed by atoms with Crippen molar-refractivity contribution < 1.29 is 4.74 Å². The van der Waals surface area contributed by atoms with Crippen molar-refractivity contribution in [3.05, 3.63) is 49.1 Å². The van der Waals surface area contributed by atoms with Crippen LogP contribution in [0.3, 0.4) is 0 Å². The zero-order valence-electron chi connectivity index (χ0n) is 17.8. The van der Waals surface area contributed by atoms with Crippen molar-refractivity contribution in [3.63, 3.8) is 0 Å². The molecule has 0 aliphatic carbocycles. The number of nitrogens with two attached hydrogens (primary N) is 1. The van der Waals surface area contributed by atoms with Crippen molar-refractivity contribution in [1.29, 1.82) is 0 Å². The molecule has 0 spiro atoms. The van der Waals surface area contributed by atoms with Gasteiger partial charge in [0.1, 0.15) is 4.83 Å². The molecular formula is C23H22N6OS2. The first kappa shape index (κ1) is 20.9. The van der Waals surface area contributed by atoms with Gasteiger partial charge in [-0.15, -0.1) is 23.1 Å². The number of methoxy groups -OCH3 is 1. The second kappa shape index (κ2) is 8.85. The second-order valence-corrected chi connectivity index (χ2v) is 9.74. The van der Waals surface area contributed by atoms with Crippen molar-refractivity contribution in [2.75, 3.05) is 25.2 Å². The van der Waals surface area contributed by atoms with Crippen LogP contribution in [0.4, 0.5) is 5.69 Å². The average Bonchev–Trinajstić information content (AvgIpc) is 3.36. The summed E-state index contributed by atoms with van der Waals surface area (Å²) in [5, 5.41) is 6.27. The zero-order valence-corrected chi connectivity index (χ0v) is 19.4. The van der Waals surface area contributed by atoms with Crippen molar-refractivity contribution in [1.82, 2.24) is 24.7 Å². The van der Waals surface area contributed by atoms with E-state index >= 15 is 0 Å². The molecule has 162 valence electrons. The van der Waals surface area contributed by atoms with E-state index in [0.717, 1.165) is 72.3 Å². The van der Waals surface area contributed by atoms with Gasteiger partial charge in [-0.2, -0.15) is 5.10 Å². The number of nitrogen functional groups attached to an aromatic ring is 1. The number of aryl methyl sites for hydroxylation is 1. The standard InChI is InChI=1S/C23H22N6OS2/c1-29-21-16(13-27-29)9-15(12-26-21)18-10-17(14-5-3-6-25-11-14)19-20(24)23(32-22(19)28-18)31-8-4-7-30-2/h3,5-6,9-13H,4,7-8,24H2,1-2H3. The van der Waals surface area contributed by atoms with E-state index in [-0.39, 0.29) is 0 Å². The maximum atomic E-state index is 6.63. The number of pyridine rings is 3. The van der Waals surface area contributed by atoms with Crippen LogP contribution in [0.5, 0.6) is 0 Å². The van der Waals surface area contributed by atoms with E-state index in [1.165, 1.54) is 0 Å². The first-order valence-corrected chi connectivity index (χ1v) is 12.0. The van der Waals surface area contributed by atoms with Crippen molar-refractivity contribution in [3.8, 4) is 22.4 Å². The maximum absolute atomic E-state index is 6.63. The summed E-state index contributed by atoms with van der Waals surface area (Å²) in [6, 6.07) is 8.15. The van der Waals surface area contributed by atoms with Crippen molar-refractivity contribution >= 4 is 50.0 Å². The van der Waals surface area contributed by atoms with E-state index in [2.05, 4.69) is 33.3 Å². The molecule has 5 aromatic rings. The van der Waals surface area contributed by atoms with Crippen LogP contribution < -0.4 is 5.73 Å². The smallest absolute Gasteiger partial charge is 0.157 e. The maximum Gasteiger partial charge on any atom is 0.157 e. The minimum Gasteiger partial charge on any atom is -0.397 e. The van der Waals surface area contributed by atoms with Gasteiger partial charge in [0.05, 0.1) is 21.8 Å². The summed E-state index contributed by atoms with van der Waals surface area (Å²) in [6.07, 6.45) is 8.29. The summed E-state index contributed by atoms with van der Waals surface area (Å²) in [5.74, 6) is 0.946. The summed E-state index contributed by atoms with van der Waals surface area (Å²) in [7, 11) is 3.61. The Kier molecular flexibility index (Phi) is 5.77. The Labute approximate surface area is 193 Å². The highest BCUT2D eigenvalue weighted by atomic mass is 32.2. The predicted octanol–water partition coefficient (Wildman–Crippen LogP) is 5.02. The number of fused-ring (bicyclic) bond motifs is 2. The Morgan fingerprint density at radius 3 is 2.91 bits per heavy atom. The molecular weight excluding hydrogens is 440 g/mol. The molecule has 0 aliphatic rings. The van der Waals surface area contributed by atoms with E-state index in [9.17, 15) is 0 Å². The van der Waals surface area contributed by atoms with Crippen molar-refractivity contribution in [2.24, 2.45) is 7.05 Å². The fraction of sp³-hybridized carbons (Fsp3) is 0.217. The van der Waals surface area contributed by atoms with E-state index < -0.39 is 0 Å². The van der Waals surface area contributed by atoms with Crippen LogP contribution in [0.2, 0.25) is 0 Å². The number of hydrogen-bond acceptors (Lipinski definition) is 8. The van der Waals surface area contributed by atoms with E-state index in [4.69, 9.17) is 15.5 Å². The molecule has 0 aliphatic heterocycles. The van der Waals surface area contributed by atoms with Gasteiger partial charge in [-0.05, 0) is 30.2 Å². The third-order valence-corrected chi connectivity index (χ3v) is 7.70. The van der Waals surface area contributed by atoms with Gasteiger partial charge in [0.15, 0.2) is 5.65 Å². The number of thiophene rings is 1. The number of anilines is 1. The van der Waals surface area contributed by atoms with Gasteiger partial charge in [-0.3, -0.25) is 9.67 Å². The van der Waals surface area contributed by atoms with Gasteiger partial charge >= 0.3 is 0 Å². The molecule has 9 heteroatoms. The van der Waals surface area contributed by atoms with Crippen LogP contribution in [-0.2, 0) is 11.8 Å². The van der Waals surface area contributed by atoms with Crippen LogP contribution in [0.25, 0.3) is 43.6 Å². The monoisotopic (exact) mass is 462 g/mol. The van der Waals surface area contributed by atoms with Crippen LogP contribution in [0.1, 0.15) is 6.42 Å². The highest BCUT2D eigenvalue weighted by molar-refractivity contribution is 8.01. The topological polar surface area (TPSA) is 91.7 Å². The third-order valence-electron chi connectivity index (χ3n) is 5.23. The number of aromatic nitrogens is 5. The number of rotatable bonds is 7. The summed E-state index contributed by atoms with van der Waals surface area (Å²) in [6.45, 7) is 0.741. The number of ether oxygens (including phenoxy) is 1. The molecule has 0 atom stereocenters. The molecule has 7 nitrogen and oxygen atoms in total. The molecule has 32 heavy (non-hydrogen) atoms. The Balaban J connectivity index is 1.65. The molecule has 0 fully saturated rings. The first-order chi connectivity index (χ1) is 15.7. The van der Waals surface area contributed by atoms with Gasteiger partial charge in [0.25, 0.3) is 0 Å². The molecule has 2 N–H and O–H groups in total. The highest BCUT2D eigenvalue weighted by Crippen LogP contribution is 2.45. The van der Waals surface area contributed by atoms with E-state index in [0.29, 0.717) is 0 Å². The lowest BCUT2D eigenvalue weighted by atomic mass is 10.0. The van der Waals surface area contributed by atoms with Crippen LogP contribution in [0.15, 0.2) is 53.3 Å². The van der Waals surface area contributed by atoms with E-state index in [1.807, 2.05) is 31.7 Å². The zero-order chi connectivity index (χ0) is 22.1. The Morgan fingerprint density at radius 1 is 1.19 bits per heavy atom. The fourth-order valence-corrected chi connectivity index (χ4v) is 5.94. The largest absolute Gasteiger partial charge is 0.397 e. The molecule has 5 aromatic heterocycles. The number of nitrogens with zero attached hydrogens (tertiary/aromatic N) is 5. The molecule has 0 unspecified atom stereocenters. The number of hydrogen-bond donors (Lipinski definition) is 1. The molecule has 0 bridgehead atoms. The Bertz CT molecular complexity index is 1400. The minimum atomic E-state index is 0.741. The summed E-state index contributed by atoms with van der Waals surface area (Å²) >= 11 is 3.39. The normalized spacial score (nSPS) is 11.6. The van der Waals surface area contributed by atoms with Crippen LogP contribution >= 0.6 is 23.1 Å². The van der Waals surface area contributed by atoms with Gasteiger partial charge in [0, 0.05) is 67.0 Å².